The van der Waals surface area contributed by atoms with Gasteiger partial charge in [-0.2, -0.15) is 0 Å². The lowest BCUT2D eigenvalue weighted by atomic mass is 10.1. The fourth-order valence-corrected chi connectivity index (χ4v) is 2.86. The van der Waals surface area contributed by atoms with Crippen LogP contribution in [-0.4, -0.2) is 36.1 Å². The summed E-state index contributed by atoms with van der Waals surface area (Å²) in [6, 6.07) is 19.3. The average Bonchev–Trinajstić information content (AvgIpc) is 2.78. The van der Waals surface area contributed by atoms with Crippen LogP contribution in [0.25, 0.3) is 11.4 Å². The average molecular weight is 390 g/mol. The molecule has 0 fully saturated rings. The lowest BCUT2D eigenvalue weighted by molar-refractivity contribution is 0.0948. The van der Waals surface area contributed by atoms with Gasteiger partial charge >= 0.3 is 0 Å². The maximum absolute atomic E-state index is 12.5. The molecule has 3 aromatic rings. The first kappa shape index (κ1) is 20.3. The number of rotatable bonds is 9. The molecule has 150 valence electrons. The number of nitrogens with zero attached hydrogens (tertiary/aromatic N) is 2. The fraction of sp³-hybridized carbons (Fsp3) is 0.261. The molecule has 3 rings (SSSR count). The summed E-state index contributed by atoms with van der Waals surface area (Å²) in [7, 11) is 1.66. The van der Waals surface area contributed by atoms with E-state index in [-0.39, 0.29) is 5.91 Å². The summed E-state index contributed by atoms with van der Waals surface area (Å²) in [5, 5.41) is 6.20. The molecule has 0 unspecified atom stereocenters. The zero-order chi connectivity index (χ0) is 20.5. The number of benzene rings is 2. The highest BCUT2D eigenvalue weighted by molar-refractivity contribution is 5.93. The van der Waals surface area contributed by atoms with E-state index in [0.29, 0.717) is 30.4 Å². The molecule has 0 saturated heterocycles. The molecule has 0 aliphatic carbocycles. The van der Waals surface area contributed by atoms with Crippen LogP contribution >= 0.6 is 0 Å². The van der Waals surface area contributed by atoms with Crippen molar-refractivity contribution >= 4 is 11.7 Å². The fourth-order valence-electron chi connectivity index (χ4n) is 2.86. The summed E-state index contributed by atoms with van der Waals surface area (Å²) < 4.78 is 5.27. The van der Waals surface area contributed by atoms with Gasteiger partial charge in [0, 0.05) is 24.7 Å². The molecule has 6 heteroatoms. The molecule has 0 atom stereocenters. The predicted molar refractivity (Wildman–Crippen MR) is 115 cm³/mol. The highest BCUT2D eigenvalue weighted by Crippen LogP contribution is 2.18. The van der Waals surface area contributed by atoms with Crippen molar-refractivity contribution < 1.29 is 9.53 Å². The smallest absolute Gasteiger partial charge is 0.270 e. The molecule has 6 nitrogen and oxygen atoms in total. The lowest BCUT2D eigenvalue weighted by Crippen LogP contribution is -2.25. The Balaban J connectivity index is 1.78. The van der Waals surface area contributed by atoms with E-state index in [1.54, 1.807) is 13.2 Å². The Bertz CT molecular complexity index is 945. The number of methoxy groups -OCH3 is 1. The molecule has 0 aliphatic rings. The maximum Gasteiger partial charge on any atom is 0.270 e. The van der Waals surface area contributed by atoms with Crippen LogP contribution < -0.4 is 15.4 Å². The summed E-state index contributed by atoms with van der Waals surface area (Å²) >= 11 is 0. The third-order valence-corrected chi connectivity index (χ3v) is 4.38. The first-order valence-corrected chi connectivity index (χ1v) is 9.79. The number of carbonyl (C=O) groups excluding carboxylic acids is 1. The molecule has 0 saturated carbocycles. The van der Waals surface area contributed by atoms with E-state index in [4.69, 9.17) is 4.74 Å². The largest absolute Gasteiger partial charge is 0.497 e. The number of ether oxygens (including phenoxy) is 1. The van der Waals surface area contributed by atoms with Gasteiger partial charge in [0.2, 0.25) is 0 Å². The Labute approximate surface area is 171 Å². The van der Waals surface area contributed by atoms with Gasteiger partial charge in [-0.05, 0) is 30.5 Å². The van der Waals surface area contributed by atoms with Crippen LogP contribution in [0.2, 0.25) is 0 Å². The highest BCUT2D eigenvalue weighted by atomic mass is 16.5. The maximum atomic E-state index is 12.5. The number of hydrogen-bond donors (Lipinski definition) is 2. The third-order valence-electron chi connectivity index (χ3n) is 4.38. The van der Waals surface area contributed by atoms with Gasteiger partial charge in [-0.3, -0.25) is 4.79 Å². The zero-order valence-electron chi connectivity index (χ0n) is 16.8. The van der Waals surface area contributed by atoms with Gasteiger partial charge in [0.15, 0.2) is 5.82 Å². The van der Waals surface area contributed by atoms with Crippen molar-refractivity contribution in [3.63, 3.8) is 0 Å². The predicted octanol–water partition coefficient (Wildman–Crippen LogP) is 3.95. The standard InChI is InChI=1S/C23H26N4O2/c1-3-13-25-23(28)20-16-21(27-22(26-20)18-9-5-4-6-10-18)24-14-12-17-8-7-11-19(15-17)29-2/h4-11,15-16H,3,12-14H2,1-2H3,(H,25,28)(H,24,26,27). The normalized spacial score (nSPS) is 10.4. The molecule has 2 aromatic carbocycles. The lowest BCUT2D eigenvalue weighted by Gasteiger charge is -2.11. The molecule has 0 bridgehead atoms. The molecular formula is C23H26N4O2. The molecule has 1 amide bonds. The van der Waals surface area contributed by atoms with Crippen LogP contribution in [0.4, 0.5) is 5.82 Å². The van der Waals surface area contributed by atoms with Gasteiger partial charge in [-0.15, -0.1) is 0 Å². The van der Waals surface area contributed by atoms with E-state index in [9.17, 15) is 4.79 Å². The molecule has 0 aliphatic heterocycles. The van der Waals surface area contributed by atoms with Crippen LogP contribution in [0.1, 0.15) is 29.4 Å². The summed E-state index contributed by atoms with van der Waals surface area (Å²) in [5.74, 6) is 1.80. The second kappa shape index (κ2) is 10.2. The van der Waals surface area contributed by atoms with Crippen molar-refractivity contribution in [2.24, 2.45) is 0 Å². The minimum atomic E-state index is -0.192. The van der Waals surface area contributed by atoms with E-state index in [1.807, 2.05) is 55.5 Å². The minimum Gasteiger partial charge on any atom is -0.497 e. The monoisotopic (exact) mass is 390 g/mol. The van der Waals surface area contributed by atoms with Gasteiger partial charge in [0.25, 0.3) is 5.91 Å². The van der Waals surface area contributed by atoms with Gasteiger partial charge in [0.05, 0.1) is 7.11 Å². The molecule has 0 radical (unpaired) electrons. The van der Waals surface area contributed by atoms with Crippen molar-refractivity contribution in [2.45, 2.75) is 19.8 Å². The first-order chi connectivity index (χ1) is 14.2. The van der Waals surface area contributed by atoms with E-state index in [1.165, 1.54) is 0 Å². The Morgan fingerprint density at radius 3 is 2.59 bits per heavy atom. The molecule has 29 heavy (non-hydrogen) atoms. The van der Waals surface area contributed by atoms with E-state index in [2.05, 4.69) is 26.7 Å². The first-order valence-electron chi connectivity index (χ1n) is 9.79. The summed E-state index contributed by atoms with van der Waals surface area (Å²) in [4.78, 5) is 21.5. The number of amides is 1. The summed E-state index contributed by atoms with van der Waals surface area (Å²) in [6.07, 6.45) is 1.67. The van der Waals surface area contributed by atoms with E-state index < -0.39 is 0 Å². The molecule has 1 aromatic heterocycles. The van der Waals surface area contributed by atoms with Crippen LogP contribution in [0, 0.1) is 0 Å². The number of anilines is 1. The number of carbonyl (C=O) groups is 1. The Hall–Kier alpha value is -3.41. The summed E-state index contributed by atoms with van der Waals surface area (Å²) in [5.41, 5.74) is 2.39. The van der Waals surface area contributed by atoms with Crippen LogP contribution in [0.15, 0.2) is 60.7 Å². The topological polar surface area (TPSA) is 76.1 Å². The minimum absolute atomic E-state index is 0.192. The van der Waals surface area contributed by atoms with Gasteiger partial charge in [0.1, 0.15) is 17.3 Å². The van der Waals surface area contributed by atoms with Crippen molar-refractivity contribution in [1.82, 2.24) is 15.3 Å². The van der Waals surface area contributed by atoms with Crippen LogP contribution in [0.5, 0.6) is 5.75 Å². The van der Waals surface area contributed by atoms with Crippen molar-refractivity contribution in [2.75, 3.05) is 25.5 Å². The number of nitrogens with one attached hydrogen (secondary N) is 2. The van der Waals surface area contributed by atoms with Gasteiger partial charge in [-0.1, -0.05) is 49.4 Å². The quantitative estimate of drug-likeness (QED) is 0.579. The number of hydrogen-bond acceptors (Lipinski definition) is 5. The van der Waals surface area contributed by atoms with Crippen molar-refractivity contribution in [3.05, 3.63) is 71.9 Å². The zero-order valence-corrected chi connectivity index (χ0v) is 16.8. The third kappa shape index (κ3) is 5.78. The van der Waals surface area contributed by atoms with Crippen molar-refractivity contribution in [3.8, 4) is 17.1 Å². The van der Waals surface area contributed by atoms with Crippen molar-refractivity contribution in [1.29, 1.82) is 0 Å². The van der Waals surface area contributed by atoms with E-state index >= 15 is 0 Å². The SMILES string of the molecule is CCCNC(=O)c1cc(NCCc2cccc(OC)c2)nc(-c2ccccc2)n1. The Morgan fingerprint density at radius 1 is 1.00 bits per heavy atom. The highest BCUT2D eigenvalue weighted by Gasteiger charge is 2.12. The van der Waals surface area contributed by atoms with Crippen LogP contribution in [0.3, 0.4) is 0 Å². The summed E-state index contributed by atoms with van der Waals surface area (Å²) in [6.45, 7) is 3.30. The van der Waals surface area contributed by atoms with E-state index in [0.717, 1.165) is 29.7 Å². The molecule has 1 heterocycles. The molecule has 2 N–H and O–H groups in total. The molecular weight excluding hydrogens is 364 g/mol. The Kier molecular flexibility index (Phi) is 7.16. The molecule has 0 spiro atoms. The second-order valence-electron chi connectivity index (χ2n) is 6.61. The Morgan fingerprint density at radius 2 is 1.83 bits per heavy atom. The second-order valence-corrected chi connectivity index (χ2v) is 6.61. The number of aromatic nitrogens is 2. The van der Waals surface area contributed by atoms with Gasteiger partial charge in [-0.25, -0.2) is 9.97 Å². The van der Waals surface area contributed by atoms with Gasteiger partial charge < -0.3 is 15.4 Å². The van der Waals surface area contributed by atoms with Crippen LogP contribution in [-0.2, 0) is 6.42 Å².